The first-order valence-electron chi connectivity index (χ1n) is 15.8. The maximum absolute atomic E-state index is 12.0. The van der Waals surface area contributed by atoms with Gasteiger partial charge in [-0.2, -0.15) is 0 Å². The van der Waals surface area contributed by atoms with Crippen LogP contribution in [0.5, 0.6) is 0 Å². The van der Waals surface area contributed by atoms with Gasteiger partial charge in [-0.05, 0) is 57.8 Å². The molecule has 0 rings (SSSR count). The van der Waals surface area contributed by atoms with E-state index >= 15 is 0 Å². The number of carbonyl (C=O) groups is 2. The maximum Gasteiger partial charge on any atom is 0.306 e. The van der Waals surface area contributed by atoms with E-state index in [1.807, 2.05) is 0 Å². The van der Waals surface area contributed by atoms with E-state index in [9.17, 15) is 14.7 Å². The van der Waals surface area contributed by atoms with Crippen LogP contribution in [-0.4, -0.2) is 36.4 Å². The molecule has 0 radical (unpaired) electrons. The van der Waals surface area contributed by atoms with Gasteiger partial charge in [0.05, 0.1) is 6.61 Å². The van der Waals surface area contributed by atoms with Crippen LogP contribution >= 0.6 is 0 Å². The number of carbonyl (C=O) groups excluding carboxylic acids is 2. The lowest BCUT2D eigenvalue weighted by molar-refractivity contribution is -0.161. The zero-order valence-corrected chi connectivity index (χ0v) is 25.6. The first-order valence-corrected chi connectivity index (χ1v) is 15.8. The molecule has 0 bridgehead atoms. The van der Waals surface area contributed by atoms with Gasteiger partial charge >= 0.3 is 11.9 Å². The predicted molar refractivity (Wildman–Crippen MR) is 168 cm³/mol. The van der Waals surface area contributed by atoms with Gasteiger partial charge < -0.3 is 14.6 Å². The van der Waals surface area contributed by atoms with E-state index in [4.69, 9.17) is 9.47 Å². The number of rotatable bonds is 27. The maximum atomic E-state index is 12.0. The standard InChI is InChI=1S/C35H58O5/c1-3-5-7-9-10-11-12-13-14-15-16-17-18-19-20-21-22-23-24-26-28-30-35(38)40-33(31-36)32-39-34(37)29-27-25-8-6-4-2/h5,7,10-11,13-14,16-17,19-20,33,36H,3-4,6,8-9,12,15,18,21-32H2,1-2H3/b7-5-,11-10-,14-13-,17-16-,20-19-. The fourth-order valence-electron chi connectivity index (χ4n) is 3.93. The molecule has 0 aliphatic rings. The first-order chi connectivity index (χ1) is 19.6. The molecule has 0 spiro atoms. The SMILES string of the molecule is CC/C=C\C/C=C\C/C=C\C/C=C\C/C=C\CCCCCCCC(=O)OC(CO)COC(=O)CCCCCCC. The highest BCUT2D eigenvalue weighted by molar-refractivity contribution is 5.70. The van der Waals surface area contributed by atoms with Crippen molar-refractivity contribution in [2.45, 2.75) is 136 Å². The van der Waals surface area contributed by atoms with E-state index < -0.39 is 6.10 Å². The molecular formula is C35H58O5. The lowest BCUT2D eigenvalue weighted by Crippen LogP contribution is -2.28. The lowest BCUT2D eigenvalue weighted by Gasteiger charge is -2.15. The number of esters is 2. The second-order valence-corrected chi connectivity index (χ2v) is 10.2. The molecule has 5 nitrogen and oxygen atoms in total. The molecule has 228 valence electrons. The Hall–Kier alpha value is -2.40. The first kappa shape index (κ1) is 37.6. The summed E-state index contributed by atoms with van der Waals surface area (Å²) in [7, 11) is 0. The van der Waals surface area contributed by atoms with Crippen molar-refractivity contribution in [3.63, 3.8) is 0 Å². The third kappa shape index (κ3) is 28.6. The summed E-state index contributed by atoms with van der Waals surface area (Å²) in [5.41, 5.74) is 0. The minimum Gasteiger partial charge on any atom is -0.462 e. The fraction of sp³-hybridized carbons (Fsp3) is 0.657. The number of hydrogen-bond acceptors (Lipinski definition) is 5. The Balaban J connectivity index is 3.64. The van der Waals surface area contributed by atoms with Gasteiger partial charge in [0.25, 0.3) is 0 Å². The Labute approximate surface area is 245 Å². The highest BCUT2D eigenvalue weighted by Crippen LogP contribution is 2.10. The molecule has 5 heteroatoms. The van der Waals surface area contributed by atoms with Gasteiger partial charge in [-0.15, -0.1) is 0 Å². The van der Waals surface area contributed by atoms with Gasteiger partial charge in [0.15, 0.2) is 6.10 Å². The summed E-state index contributed by atoms with van der Waals surface area (Å²) >= 11 is 0. The third-order valence-electron chi connectivity index (χ3n) is 6.33. The second kappa shape index (κ2) is 31.1. The number of hydrogen-bond donors (Lipinski definition) is 1. The largest absolute Gasteiger partial charge is 0.462 e. The average Bonchev–Trinajstić information content (AvgIpc) is 2.95. The van der Waals surface area contributed by atoms with Crippen molar-refractivity contribution in [2.75, 3.05) is 13.2 Å². The van der Waals surface area contributed by atoms with Gasteiger partial charge in [0.2, 0.25) is 0 Å². The van der Waals surface area contributed by atoms with Crippen LogP contribution in [0.15, 0.2) is 60.8 Å². The highest BCUT2D eigenvalue weighted by Gasteiger charge is 2.16. The van der Waals surface area contributed by atoms with Gasteiger partial charge in [-0.25, -0.2) is 0 Å². The predicted octanol–water partition coefficient (Wildman–Crippen LogP) is 9.28. The minimum atomic E-state index is -0.778. The van der Waals surface area contributed by atoms with Crippen LogP contribution in [0.4, 0.5) is 0 Å². The van der Waals surface area contributed by atoms with E-state index in [0.29, 0.717) is 12.8 Å². The van der Waals surface area contributed by atoms with E-state index in [0.717, 1.165) is 89.9 Å². The number of aliphatic hydroxyl groups is 1. The Kier molecular flexibility index (Phi) is 29.3. The van der Waals surface area contributed by atoms with Gasteiger partial charge in [-0.1, -0.05) is 120 Å². The molecule has 0 saturated carbocycles. The van der Waals surface area contributed by atoms with Crippen molar-refractivity contribution in [2.24, 2.45) is 0 Å². The monoisotopic (exact) mass is 558 g/mol. The molecule has 1 atom stereocenters. The van der Waals surface area contributed by atoms with Crippen LogP contribution in [0, 0.1) is 0 Å². The van der Waals surface area contributed by atoms with Gasteiger partial charge in [0.1, 0.15) is 6.61 Å². The average molecular weight is 559 g/mol. The van der Waals surface area contributed by atoms with Crippen molar-refractivity contribution < 1.29 is 24.2 Å². The van der Waals surface area contributed by atoms with Crippen molar-refractivity contribution in [3.8, 4) is 0 Å². The molecule has 0 amide bonds. The van der Waals surface area contributed by atoms with Crippen LogP contribution in [0.1, 0.15) is 129 Å². The summed E-state index contributed by atoms with van der Waals surface area (Å²) in [5, 5.41) is 9.42. The van der Waals surface area contributed by atoms with Crippen molar-refractivity contribution in [1.29, 1.82) is 0 Å². The topological polar surface area (TPSA) is 72.8 Å². The van der Waals surface area contributed by atoms with E-state index in [2.05, 4.69) is 74.6 Å². The quantitative estimate of drug-likeness (QED) is 0.0618. The molecule has 0 aromatic heterocycles. The number of unbranched alkanes of at least 4 members (excludes halogenated alkanes) is 9. The van der Waals surface area contributed by atoms with Crippen LogP contribution < -0.4 is 0 Å². The molecule has 1 unspecified atom stereocenters. The third-order valence-corrected chi connectivity index (χ3v) is 6.33. The Morgan fingerprint density at radius 3 is 1.62 bits per heavy atom. The Bertz CT molecular complexity index is 732. The normalized spacial score (nSPS) is 13.0. The van der Waals surface area contributed by atoms with Gasteiger partial charge in [-0.3, -0.25) is 9.59 Å². The summed E-state index contributed by atoms with van der Waals surface area (Å²) in [5.74, 6) is -0.635. The molecular weight excluding hydrogens is 500 g/mol. The van der Waals surface area contributed by atoms with Crippen LogP contribution in [-0.2, 0) is 19.1 Å². The molecule has 0 saturated heterocycles. The fourth-order valence-corrected chi connectivity index (χ4v) is 3.93. The van der Waals surface area contributed by atoms with Crippen LogP contribution in [0.25, 0.3) is 0 Å². The number of ether oxygens (including phenoxy) is 2. The Morgan fingerprint density at radius 1 is 0.600 bits per heavy atom. The molecule has 0 aliphatic carbocycles. The van der Waals surface area contributed by atoms with Crippen LogP contribution in [0.3, 0.4) is 0 Å². The zero-order valence-electron chi connectivity index (χ0n) is 25.6. The Morgan fingerprint density at radius 2 is 1.07 bits per heavy atom. The summed E-state index contributed by atoms with van der Waals surface area (Å²) in [6.07, 6.45) is 38.7. The molecule has 0 aromatic rings. The lowest BCUT2D eigenvalue weighted by atomic mass is 10.1. The molecule has 40 heavy (non-hydrogen) atoms. The highest BCUT2D eigenvalue weighted by atomic mass is 16.6. The molecule has 0 heterocycles. The van der Waals surface area contributed by atoms with Crippen LogP contribution in [0.2, 0.25) is 0 Å². The van der Waals surface area contributed by atoms with E-state index in [1.165, 1.54) is 12.8 Å². The molecule has 0 fully saturated rings. The van der Waals surface area contributed by atoms with Crippen molar-refractivity contribution in [1.82, 2.24) is 0 Å². The molecule has 0 aromatic carbocycles. The number of aliphatic hydroxyl groups excluding tert-OH is 1. The zero-order chi connectivity index (χ0) is 29.4. The summed E-state index contributed by atoms with van der Waals surface area (Å²) in [4.78, 5) is 23.8. The van der Waals surface area contributed by atoms with E-state index in [1.54, 1.807) is 0 Å². The second-order valence-electron chi connectivity index (χ2n) is 10.2. The molecule has 1 N–H and O–H groups in total. The molecule has 0 aliphatic heterocycles. The minimum absolute atomic E-state index is 0.0775. The van der Waals surface area contributed by atoms with Crippen molar-refractivity contribution in [3.05, 3.63) is 60.8 Å². The smallest absolute Gasteiger partial charge is 0.306 e. The number of allylic oxidation sites excluding steroid dienone is 10. The summed E-state index contributed by atoms with van der Waals surface area (Å²) < 4.78 is 10.4. The van der Waals surface area contributed by atoms with Gasteiger partial charge in [0, 0.05) is 12.8 Å². The summed E-state index contributed by atoms with van der Waals surface area (Å²) in [6.45, 7) is 3.89. The van der Waals surface area contributed by atoms with E-state index in [-0.39, 0.29) is 25.2 Å². The van der Waals surface area contributed by atoms with Crippen molar-refractivity contribution >= 4 is 11.9 Å². The summed E-state index contributed by atoms with van der Waals surface area (Å²) in [6, 6.07) is 0.